The summed E-state index contributed by atoms with van der Waals surface area (Å²) in [6.45, 7) is 0. The third-order valence-corrected chi connectivity index (χ3v) is 6.50. The van der Waals surface area contributed by atoms with E-state index in [9.17, 15) is 9.59 Å². The molecule has 1 aliphatic rings. The Bertz CT molecular complexity index is 1420. The number of halogens is 2. The Hall–Kier alpha value is -3.71. The molecule has 0 N–H and O–H groups in total. The maximum absolute atomic E-state index is 13.5. The van der Waals surface area contributed by atoms with Crippen molar-refractivity contribution in [2.75, 3.05) is 9.80 Å². The zero-order chi connectivity index (χ0) is 24.5. The van der Waals surface area contributed by atoms with Gasteiger partial charge in [-0.25, -0.2) is 0 Å². The molecule has 35 heavy (non-hydrogen) atoms. The lowest BCUT2D eigenvalue weighted by atomic mass is 10.1. The van der Waals surface area contributed by atoms with Crippen LogP contribution in [-0.4, -0.2) is 16.9 Å². The van der Waals surface area contributed by atoms with Crippen LogP contribution >= 0.6 is 35.4 Å². The maximum atomic E-state index is 13.5. The number of benzene rings is 3. The normalized spacial score (nSPS) is 14.0. The number of nitrogens with zero attached hydrogens (tertiary/aromatic N) is 2. The van der Waals surface area contributed by atoms with Crippen LogP contribution in [0.15, 0.2) is 101 Å². The highest BCUT2D eigenvalue weighted by molar-refractivity contribution is 7.81. The summed E-state index contributed by atoms with van der Waals surface area (Å²) in [5.41, 5.74) is 1.74. The van der Waals surface area contributed by atoms with E-state index < -0.39 is 11.8 Å². The Balaban J connectivity index is 1.58. The molecule has 8 heteroatoms. The molecular weight excluding hydrogens is 503 g/mol. The number of carbonyl (C=O) groups excluding carboxylic acids is 2. The van der Waals surface area contributed by atoms with Gasteiger partial charge in [-0.3, -0.25) is 19.4 Å². The van der Waals surface area contributed by atoms with Crippen molar-refractivity contribution >= 4 is 69.8 Å². The molecule has 5 rings (SSSR count). The van der Waals surface area contributed by atoms with Crippen molar-refractivity contribution in [3.05, 3.63) is 112 Å². The number of hydrogen-bond acceptors (Lipinski definition) is 4. The number of furan rings is 1. The van der Waals surface area contributed by atoms with Gasteiger partial charge in [-0.05, 0) is 72.9 Å². The van der Waals surface area contributed by atoms with Crippen molar-refractivity contribution in [3.8, 4) is 11.3 Å². The Morgan fingerprint density at radius 2 is 1.29 bits per heavy atom. The molecular formula is C27H16Cl2N2O3S. The van der Waals surface area contributed by atoms with Crippen molar-refractivity contribution in [1.29, 1.82) is 0 Å². The van der Waals surface area contributed by atoms with E-state index in [1.807, 2.05) is 12.1 Å². The van der Waals surface area contributed by atoms with Gasteiger partial charge in [0.2, 0.25) is 0 Å². The second kappa shape index (κ2) is 9.50. The number of rotatable bonds is 4. The number of carbonyl (C=O) groups is 2. The van der Waals surface area contributed by atoms with Crippen LogP contribution in [0.25, 0.3) is 17.4 Å². The van der Waals surface area contributed by atoms with E-state index in [0.717, 1.165) is 0 Å². The highest BCUT2D eigenvalue weighted by atomic mass is 35.5. The minimum atomic E-state index is -0.536. The fraction of sp³-hybridized carbons (Fsp3) is 0. The molecule has 1 saturated heterocycles. The smallest absolute Gasteiger partial charge is 0.270 e. The van der Waals surface area contributed by atoms with Gasteiger partial charge < -0.3 is 4.42 Å². The van der Waals surface area contributed by atoms with Crippen molar-refractivity contribution in [1.82, 2.24) is 0 Å². The summed E-state index contributed by atoms with van der Waals surface area (Å²) in [6, 6.07) is 26.5. The van der Waals surface area contributed by atoms with E-state index in [1.165, 1.54) is 15.9 Å². The number of para-hydroxylation sites is 2. The predicted molar refractivity (Wildman–Crippen MR) is 143 cm³/mol. The zero-order valence-corrected chi connectivity index (χ0v) is 20.3. The van der Waals surface area contributed by atoms with Crippen molar-refractivity contribution < 1.29 is 14.0 Å². The lowest BCUT2D eigenvalue weighted by molar-refractivity contribution is -0.120. The first-order valence-electron chi connectivity index (χ1n) is 10.5. The molecule has 2 amide bonds. The molecule has 172 valence electrons. The number of anilines is 2. The van der Waals surface area contributed by atoms with Gasteiger partial charge in [0, 0.05) is 5.56 Å². The van der Waals surface area contributed by atoms with Crippen LogP contribution in [0.5, 0.6) is 0 Å². The summed E-state index contributed by atoms with van der Waals surface area (Å²) in [5, 5.41) is 0.898. The minimum Gasteiger partial charge on any atom is -0.457 e. The quantitative estimate of drug-likeness (QED) is 0.166. The van der Waals surface area contributed by atoms with Crippen molar-refractivity contribution in [3.63, 3.8) is 0 Å². The molecule has 0 saturated carbocycles. The molecule has 0 spiro atoms. The van der Waals surface area contributed by atoms with Crippen LogP contribution in [0.1, 0.15) is 5.76 Å². The standard InChI is InChI=1S/C27H16Cl2N2O3S/c28-22-13-11-17(15-23(22)29)24-14-12-20(34-24)16-21-25(32)30(18-7-3-1-4-8-18)27(35)31(26(21)33)19-9-5-2-6-10-19/h1-16H. The molecule has 0 radical (unpaired) electrons. The third kappa shape index (κ3) is 4.39. The number of thiocarbonyl (C=S) groups is 1. The largest absolute Gasteiger partial charge is 0.457 e. The fourth-order valence-corrected chi connectivity index (χ4v) is 4.39. The van der Waals surface area contributed by atoms with Gasteiger partial charge in [0.15, 0.2) is 5.11 Å². The van der Waals surface area contributed by atoms with Crippen LogP contribution in [0, 0.1) is 0 Å². The third-order valence-electron chi connectivity index (χ3n) is 5.40. The van der Waals surface area contributed by atoms with Gasteiger partial charge in [0.25, 0.3) is 11.8 Å². The predicted octanol–water partition coefficient (Wildman–Crippen LogP) is 7.00. The molecule has 4 aromatic rings. The minimum absolute atomic E-state index is 0.0745. The summed E-state index contributed by atoms with van der Waals surface area (Å²) < 4.78 is 5.92. The second-order valence-electron chi connectivity index (χ2n) is 7.62. The van der Waals surface area contributed by atoms with Crippen molar-refractivity contribution in [2.24, 2.45) is 0 Å². The van der Waals surface area contributed by atoms with Crippen LogP contribution in [0.3, 0.4) is 0 Å². The second-order valence-corrected chi connectivity index (χ2v) is 8.80. The average molecular weight is 519 g/mol. The molecule has 3 aromatic carbocycles. The van der Waals surface area contributed by atoms with Crippen LogP contribution in [0.4, 0.5) is 11.4 Å². The highest BCUT2D eigenvalue weighted by Crippen LogP contribution is 2.32. The topological polar surface area (TPSA) is 53.8 Å². The van der Waals surface area contributed by atoms with Crippen LogP contribution in [0.2, 0.25) is 10.0 Å². The molecule has 1 fully saturated rings. The van der Waals surface area contributed by atoms with Gasteiger partial charge in [-0.2, -0.15) is 0 Å². The molecule has 1 aromatic heterocycles. The summed E-state index contributed by atoms with van der Waals surface area (Å²) in [4.78, 5) is 29.8. The molecule has 5 nitrogen and oxygen atoms in total. The van der Waals surface area contributed by atoms with Gasteiger partial charge in [0.1, 0.15) is 17.1 Å². The Labute approximate surface area is 216 Å². The Morgan fingerprint density at radius 3 is 1.83 bits per heavy atom. The monoisotopic (exact) mass is 518 g/mol. The van der Waals surface area contributed by atoms with Gasteiger partial charge in [-0.1, -0.05) is 59.6 Å². The van der Waals surface area contributed by atoms with E-state index in [2.05, 4.69) is 0 Å². The van der Waals surface area contributed by atoms with E-state index in [0.29, 0.717) is 38.5 Å². The number of hydrogen-bond donors (Lipinski definition) is 0. The van der Waals surface area contributed by atoms with Crippen LogP contribution in [-0.2, 0) is 9.59 Å². The fourth-order valence-electron chi connectivity index (χ4n) is 3.72. The zero-order valence-electron chi connectivity index (χ0n) is 18.0. The first-order valence-corrected chi connectivity index (χ1v) is 11.7. The first kappa shape index (κ1) is 23.1. The molecule has 0 atom stereocenters. The van der Waals surface area contributed by atoms with Gasteiger partial charge >= 0.3 is 0 Å². The molecule has 0 aliphatic carbocycles. The first-order chi connectivity index (χ1) is 16.9. The van der Waals surface area contributed by atoms with Crippen LogP contribution < -0.4 is 9.80 Å². The molecule has 0 bridgehead atoms. The molecule has 2 heterocycles. The summed E-state index contributed by atoms with van der Waals surface area (Å²) in [7, 11) is 0. The highest BCUT2D eigenvalue weighted by Gasteiger charge is 2.41. The van der Waals surface area contributed by atoms with Gasteiger partial charge in [-0.15, -0.1) is 0 Å². The lowest BCUT2D eigenvalue weighted by Crippen LogP contribution is -2.56. The van der Waals surface area contributed by atoms with E-state index >= 15 is 0 Å². The Morgan fingerprint density at radius 1 is 0.714 bits per heavy atom. The SMILES string of the molecule is O=C1C(=Cc2ccc(-c3ccc(Cl)c(Cl)c3)o2)C(=O)N(c2ccccc2)C(=S)N1c1ccccc1. The van der Waals surface area contributed by atoms with Crippen molar-refractivity contribution in [2.45, 2.75) is 0 Å². The molecule has 1 aliphatic heterocycles. The summed E-state index contributed by atoms with van der Waals surface area (Å²) in [5.74, 6) is -0.227. The number of amides is 2. The van der Waals surface area contributed by atoms with E-state index in [-0.39, 0.29) is 10.7 Å². The maximum Gasteiger partial charge on any atom is 0.270 e. The summed E-state index contributed by atoms with van der Waals surface area (Å²) in [6.07, 6.45) is 1.43. The average Bonchev–Trinajstić information content (AvgIpc) is 3.34. The van der Waals surface area contributed by atoms with Gasteiger partial charge in [0.05, 0.1) is 21.4 Å². The van der Waals surface area contributed by atoms with E-state index in [4.69, 9.17) is 39.8 Å². The molecule has 0 unspecified atom stereocenters. The Kier molecular flexibility index (Phi) is 6.26. The summed E-state index contributed by atoms with van der Waals surface area (Å²) >= 11 is 17.7. The van der Waals surface area contributed by atoms with E-state index in [1.54, 1.807) is 78.9 Å². The lowest BCUT2D eigenvalue weighted by Gasteiger charge is -2.36.